The van der Waals surface area contributed by atoms with Gasteiger partial charge in [0.25, 0.3) is 5.69 Å². The summed E-state index contributed by atoms with van der Waals surface area (Å²) >= 11 is 1.15. The van der Waals surface area contributed by atoms with E-state index in [4.69, 9.17) is 9.84 Å². The molecule has 0 heterocycles. The normalized spacial score (nSPS) is 10.1. The number of carboxylic acid groups (broad SMARTS) is 1. The number of ether oxygens (including phenoxy) is 1. The Kier molecular flexibility index (Phi) is 5.98. The quantitative estimate of drug-likeness (QED) is 0.466. The second-order valence-corrected chi connectivity index (χ2v) is 4.66. The smallest absolute Gasteiger partial charge is 0.343 e. The van der Waals surface area contributed by atoms with Crippen LogP contribution in [0.4, 0.5) is 5.69 Å². The van der Waals surface area contributed by atoms with Gasteiger partial charge < -0.3 is 9.84 Å². The molecular formula is C12H13NO6S. The van der Waals surface area contributed by atoms with Crippen LogP contribution in [-0.2, 0) is 15.3 Å². The van der Waals surface area contributed by atoms with E-state index in [-0.39, 0.29) is 23.7 Å². The van der Waals surface area contributed by atoms with Crippen LogP contribution in [0.5, 0.6) is 0 Å². The molecular weight excluding hydrogens is 286 g/mol. The summed E-state index contributed by atoms with van der Waals surface area (Å²) in [5, 5.41) is 19.9. The molecule has 0 amide bonds. The molecule has 1 rings (SSSR count). The van der Waals surface area contributed by atoms with Crippen molar-refractivity contribution in [2.75, 3.05) is 12.4 Å². The monoisotopic (exact) mass is 299 g/mol. The van der Waals surface area contributed by atoms with Gasteiger partial charge in [-0.05, 0) is 12.5 Å². The Morgan fingerprint density at radius 1 is 1.45 bits per heavy atom. The third-order valence-electron chi connectivity index (χ3n) is 2.32. The van der Waals surface area contributed by atoms with Gasteiger partial charge in [-0.2, -0.15) is 0 Å². The van der Waals surface area contributed by atoms with Gasteiger partial charge in [0, 0.05) is 11.8 Å². The third kappa shape index (κ3) is 4.23. The molecule has 1 aromatic carbocycles. The molecule has 108 valence electrons. The van der Waals surface area contributed by atoms with E-state index in [2.05, 4.69) is 0 Å². The number of benzene rings is 1. The number of hydrogen-bond donors (Lipinski definition) is 1. The number of nitro groups is 1. The molecule has 0 saturated carbocycles. The Labute approximate surface area is 119 Å². The van der Waals surface area contributed by atoms with Crippen molar-refractivity contribution in [1.82, 2.24) is 0 Å². The molecule has 0 aromatic heterocycles. The molecule has 20 heavy (non-hydrogen) atoms. The van der Waals surface area contributed by atoms with Crippen LogP contribution in [0.15, 0.2) is 18.2 Å². The molecule has 1 aromatic rings. The molecule has 0 radical (unpaired) electrons. The lowest BCUT2D eigenvalue weighted by molar-refractivity contribution is -0.385. The first-order valence-corrected chi connectivity index (χ1v) is 6.85. The van der Waals surface area contributed by atoms with Gasteiger partial charge in [0.1, 0.15) is 5.56 Å². The Morgan fingerprint density at radius 2 is 2.15 bits per heavy atom. The summed E-state index contributed by atoms with van der Waals surface area (Å²) < 4.78 is 4.74. The van der Waals surface area contributed by atoms with Crippen LogP contribution in [0.2, 0.25) is 0 Å². The molecule has 1 N–H and O–H groups in total. The number of carboxylic acids is 1. The minimum absolute atomic E-state index is 0.0651. The number of thioether (sulfide) groups is 1. The van der Waals surface area contributed by atoms with E-state index in [0.29, 0.717) is 5.56 Å². The summed E-state index contributed by atoms with van der Waals surface area (Å²) in [6, 6.07) is 4.06. The predicted molar refractivity (Wildman–Crippen MR) is 72.9 cm³/mol. The molecule has 0 saturated heterocycles. The summed E-state index contributed by atoms with van der Waals surface area (Å²) in [6.45, 7) is 1.96. The predicted octanol–water partition coefficient (Wildman–Crippen LogP) is 2.09. The standard InChI is InChI=1S/C12H13NO6S/c1-2-19-10(14)7-20-6-8-4-3-5-9(13(17)18)11(8)12(15)16/h3-5H,2,6-7H2,1H3,(H,15,16). The van der Waals surface area contributed by atoms with Crippen molar-refractivity contribution in [1.29, 1.82) is 0 Å². The molecule has 0 aliphatic rings. The highest BCUT2D eigenvalue weighted by Crippen LogP contribution is 2.25. The SMILES string of the molecule is CCOC(=O)CSCc1cccc([N+](=O)[O-])c1C(=O)O. The Hall–Kier alpha value is -2.09. The van der Waals surface area contributed by atoms with Gasteiger partial charge in [-0.3, -0.25) is 14.9 Å². The number of hydrogen-bond acceptors (Lipinski definition) is 6. The fraction of sp³-hybridized carbons (Fsp3) is 0.333. The van der Waals surface area contributed by atoms with E-state index >= 15 is 0 Å². The van der Waals surface area contributed by atoms with Crippen molar-refractivity contribution in [3.05, 3.63) is 39.4 Å². The number of aromatic carboxylic acids is 1. The van der Waals surface area contributed by atoms with E-state index in [1.807, 2.05) is 0 Å². The molecule has 7 nitrogen and oxygen atoms in total. The average Bonchev–Trinajstić information content (AvgIpc) is 2.38. The van der Waals surface area contributed by atoms with Crippen molar-refractivity contribution < 1.29 is 24.4 Å². The van der Waals surface area contributed by atoms with E-state index in [0.717, 1.165) is 17.8 Å². The molecule has 0 atom stereocenters. The van der Waals surface area contributed by atoms with Crippen LogP contribution < -0.4 is 0 Å². The second kappa shape index (κ2) is 7.49. The average molecular weight is 299 g/mol. The van der Waals surface area contributed by atoms with Crippen LogP contribution in [-0.4, -0.2) is 34.3 Å². The van der Waals surface area contributed by atoms with Crippen molar-refractivity contribution in [2.24, 2.45) is 0 Å². The number of nitrogens with zero attached hydrogens (tertiary/aromatic N) is 1. The molecule has 0 unspecified atom stereocenters. The van der Waals surface area contributed by atoms with Gasteiger partial charge in [-0.1, -0.05) is 12.1 Å². The fourth-order valence-electron chi connectivity index (χ4n) is 1.55. The maximum Gasteiger partial charge on any atom is 0.343 e. The zero-order valence-corrected chi connectivity index (χ0v) is 11.5. The molecule has 0 spiro atoms. The number of carbonyl (C=O) groups is 2. The van der Waals surface area contributed by atoms with Crippen molar-refractivity contribution in [3.63, 3.8) is 0 Å². The molecule has 8 heteroatoms. The largest absolute Gasteiger partial charge is 0.477 e. The van der Waals surface area contributed by atoms with E-state index in [9.17, 15) is 19.7 Å². The Bertz CT molecular complexity index is 531. The summed E-state index contributed by atoms with van der Waals surface area (Å²) in [6.07, 6.45) is 0. The number of carbonyl (C=O) groups excluding carboxylic acids is 1. The van der Waals surface area contributed by atoms with Gasteiger partial charge in [-0.15, -0.1) is 11.8 Å². The van der Waals surface area contributed by atoms with E-state index in [1.54, 1.807) is 6.92 Å². The number of esters is 1. The highest BCUT2D eigenvalue weighted by Gasteiger charge is 2.23. The number of rotatable bonds is 7. The first kappa shape index (κ1) is 16.0. The van der Waals surface area contributed by atoms with Crippen LogP contribution in [0.1, 0.15) is 22.8 Å². The van der Waals surface area contributed by atoms with Crippen molar-refractivity contribution >= 4 is 29.4 Å². The second-order valence-electron chi connectivity index (χ2n) is 3.67. The minimum atomic E-state index is -1.36. The summed E-state index contributed by atoms with van der Waals surface area (Å²) in [4.78, 5) is 32.4. The Morgan fingerprint density at radius 3 is 2.70 bits per heavy atom. The Balaban J connectivity index is 2.85. The lowest BCUT2D eigenvalue weighted by Crippen LogP contribution is -2.09. The lowest BCUT2D eigenvalue weighted by atomic mass is 10.1. The first-order chi connectivity index (χ1) is 9.47. The maximum absolute atomic E-state index is 11.2. The van der Waals surface area contributed by atoms with E-state index < -0.39 is 22.5 Å². The van der Waals surface area contributed by atoms with Gasteiger partial charge in [0.05, 0.1) is 17.3 Å². The van der Waals surface area contributed by atoms with Gasteiger partial charge in [0.2, 0.25) is 0 Å². The summed E-state index contributed by atoms with van der Waals surface area (Å²) in [5.74, 6) is -1.51. The number of nitro benzene ring substituents is 1. The van der Waals surface area contributed by atoms with Gasteiger partial charge >= 0.3 is 11.9 Å². The topological polar surface area (TPSA) is 107 Å². The summed E-state index contributed by atoms with van der Waals surface area (Å²) in [5.41, 5.74) is -0.485. The zero-order valence-electron chi connectivity index (χ0n) is 10.7. The van der Waals surface area contributed by atoms with Gasteiger partial charge in [-0.25, -0.2) is 4.79 Å². The van der Waals surface area contributed by atoms with E-state index in [1.165, 1.54) is 12.1 Å². The molecule has 0 aliphatic heterocycles. The highest BCUT2D eigenvalue weighted by molar-refractivity contribution is 7.99. The molecule has 0 aliphatic carbocycles. The van der Waals surface area contributed by atoms with Crippen LogP contribution in [0.25, 0.3) is 0 Å². The highest BCUT2D eigenvalue weighted by atomic mass is 32.2. The van der Waals surface area contributed by atoms with Crippen molar-refractivity contribution in [2.45, 2.75) is 12.7 Å². The fourth-order valence-corrected chi connectivity index (χ4v) is 2.37. The molecule has 0 fully saturated rings. The third-order valence-corrected chi connectivity index (χ3v) is 3.28. The minimum Gasteiger partial charge on any atom is -0.477 e. The van der Waals surface area contributed by atoms with Gasteiger partial charge in [0.15, 0.2) is 0 Å². The first-order valence-electron chi connectivity index (χ1n) is 5.70. The van der Waals surface area contributed by atoms with Crippen LogP contribution >= 0.6 is 11.8 Å². The van der Waals surface area contributed by atoms with Crippen LogP contribution in [0, 0.1) is 10.1 Å². The molecule has 0 bridgehead atoms. The summed E-state index contributed by atoms with van der Waals surface area (Å²) in [7, 11) is 0. The van der Waals surface area contributed by atoms with Crippen LogP contribution in [0.3, 0.4) is 0 Å². The lowest BCUT2D eigenvalue weighted by Gasteiger charge is -2.06. The van der Waals surface area contributed by atoms with Crippen molar-refractivity contribution in [3.8, 4) is 0 Å². The zero-order chi connectivity index (χ0) is 15.1. The maximum atomic E-state index is 11.2.